The summed E-state index contributed by atoms with van der Waals surface area (Å²) in [7, 11) is 0. The minimum Gasteiger partial charge on any atom is -0.337 e. The van der Waals surface area contributed by atoms with Crippen molar-refractivity contribution < 1.29 is 4.79 Å². The Balaban J connectivity index is 1.96. The van der Waals surface area contributed by atoms with Gasteiger partial charge < -0.3 is 10.2 Å². The lowest BCUT2D eigenvalue weighted by Crippen LogP contribution is -2.44. The molecule has 0 saturated carbocycles. The molecule has 1 aliphatic rings. The zero-order valence-corrected chi connectivity index (χ0v) is 12.7. The number of aryl methyl sites for hydroxylation is 1. The molecule has 0 spiro atoms. The molecule has 20 heavy (non-hydrogen) atoms. The normalized spacial score (nSPS) is 19.4. The number of nitrogens with one attached hydrogen (secondary N) is 1. The van der Waals surface area contributed by atoms with Crippen LogP contribution in [0.3, 0.4) is 0 Å². The summed E-state index contributed by atoms with van der Waals surface area (Å²) in [6.07, 6.45) is 2.28. The molecular weight excluding hydrogens is 250 g/mol. The van der Waals surface area contributed by atoms with E-state index in [9.17, 15) is 4.79 Å². The van der Waals surface area contributed by atoms with E-state index in [2.05, 4.69) is 24.1 Å². The maximum absolute atomic E-state index is 12.5. The Hall–Kier alpha value is -1.42. The lowest BCUT2D eigenvalue weighted by molar-refractivity contribution is 0.0666. The van der Waals surface area contributed by atoms with Gasteiger partial charge >= 0.3 is 0 Å². The zero-order valence-electron chi connectivity index (χ0n) is 12.7. The largest absolute Gasteiger partial charge is 0.337 e. The predicted octanol–water partition coefficient (Wildman–Crippen LogP) is 2.24. The minimum atomic E-state index is 0.0722. The van der Waals surface area contributed by atoms with Crippen LogP contribution in [0.25, 0.3) is 0 Å². The van der Waals surface area contributed by atoms with E-state index in [1.54, 1.807) is 0 Å². The van der Waals surface area contributed by atoms with E-state index < -0.39 is 0 Å². The number of amides is 1. The molecule has 0 aliphatic carbocycles. The van der Waals surface area contributed by atoms with Crippen LogP contribution in [0.5, 0.6) is 0 Å². The van der Waals surface area contributed by atoms with Gasteiger partial charge in [-0.2, -0.15) is 0 Å². The van der Waals surface area contributed by atoms with Crippen LogP contribution in [0, 0.1) is 12.8 Å². The highest BCUT2D eigenvalue weighted by Crippen LogP contribution is 2.18. The summed E-state index contributed by atoms with van der Waals surface area (Å²) in [5.41, 5.74) is 1.47. The van der Waals surface area contributed by atoms with Crippen LogP contribution < -0.4 is 5.32 Å². The number of piperidine rings is 1. The van der Waals surface area contributed by atoms with E-state index in [4.69, 9.17) is 0 Å². The fourth-order valence-corrected chi connectivity index (χ4v) is 2.64. The fraction of sp³-hybridized carbons (Fsp3) is 0.625. The first-order valence-corrected chi connectivity index (χ1v) is 7.52. The van der Waals surface area contributed by atoms with Gasteiger partial charge in [0.1, 0.15) is 5.69 Å². The van der Waals surface area contributed by atoms with Crippen LogP contribution in [0.2, 0.25) is 0 Å². The molecule has 2 heterocycles. The van der Waals surface area contributed by atoms with Gasteiger partial charge in [0.2, 0.25) is 0 Å². The minimum absolute atomic E-state index is 0.0722. The summed E-state index contributed by atoms with van der Waals surface area (Å²) >= 11 is 0. The van der Waals surface area contributed by atoms with Gasteiger partial charge in [0.05, 0.1) is 0 Å². The molecule has 1 aromatic rings. The van der Waals surface area contributed by atoms with Gasteiger partial charge in [-0.05, 0) is 44.4 Å². The first-order chi connectivity index (χ1) is 9.56. The average molecular weight is 275 g/mol. The van der Waals surface area contributed by atoms with Gasteiger partial charge in [-0.1, -0.05) is 19.9 Å². The molecule has 0 radical (unpaired) electrons. The maximum Gasteiger partial charge on any atom is 0.272 e. The first-order valence-electron chi connectivity index (χ1n) is 7.52. The third-order valence-corrected chi connectivity index (χ3v) is 3.73. The van der Waals surface area contributed by atoms with Gasteiger partial charge in [-0.15, -0.1) is 0 Å². The van der Waals surface area contributed by atoms with E-state index in [0.717, 1.165) is 31.7 Å². The van der Waals surface area contributed by atoms with Crippen LogP contribution in [-0.4, -0.2) is 41.5 Å². The van der Waals surface area contributed by atoms with Crippen molar-refractivity contribution in [1.82, 2.24) is 15.2 Å². The van der Waals surface area contributed by atoms with Crippen LogP contribution in [0.4, 0.5) is 0 Å². The Kier molecular flexibility index (Phi) is 5.12. The van der Waals surface area contributed by atoms with E-state index in [-0.39, 0.29) is 5.91 Å². The average Bonchev–Trinajstić information content (AvgIpc) is 2.44. The second-order valence-corrected chi connectivity index (χ2v) is 5.99. The number of pyridine rings is 1. The topological polar surface area (TPSA) is 45.2 Å². The molecule has 1 aliphatic heterocycles. The second kappa shape index (κ2) is 6.84. The summed E-state index contributed by atoms with van der Waals surface area (Å²) in [5, 5.41) is 3.47. The van der Waals surface area contributed by atoms with Crippen LogP contribution in [0.1, 0.15) is 42.9 Å². The van der Waals surface area contributed by atoms with Gasteiger partial charge in [0.15, 0.2) is 0 Å². The summed E-state index contributed by atoms with van der Waals surface area (Å²) in [6.45, 7) is 8.91. The van der Waals surface area contributed by atoms with Gasteiger partial charge in [-0.25, -0.2) is 4.98 Å². The summed E-state index contributed by atoms with van der Waals surface area (Å²) < 4.78 is 0. The van der Waals surface area contributed by atoms with Crippen LogP contribution >= 0.6 is 0 Å². The molecule has 2 rings (SSSR count). The second-order valence-electron chi connectivity index (χ2n) is 5.99. The van der Waals surface area contributed by atoms with Gasteiger partial charge in [0.25, 0.3) is 5.91 Å². The third kappa shape index (κ3) is 4.04. The highest BCUT2D eigenvalue weighted by atomic mass is 16.2. The molecule has 1 fully saturated rings. The lowest BCUT2D eigenvalue weighted by atomic mass is 9.97. The number of hydrogen-bond acceptors (Lipinski definition) is 3. The Labute approximate surface area is 121 Å². The molecular formula is C16H25N3O. The molecule has 1 atom stereocenters. The van der Waals surface area contributed by atoms with Crippen LogP contribution in [0.15, 0.2) is 18.2 Å². The quantitative estimate of drug-likeness (QED) is 0.916. The molecule has 4 heteroatoms. The molecule has 110 valence electrons. The van der Waals surface area contributed by atoms with Crippen molar-refractivity contribution in [1.29, 1.82) is 0 Å². The van der Waals surface area contributed by atoms with Crippen molar-refractivity contribution in [3.8, 4) is 0 Å². The molecule has 1 saturated heterocycles. The van der Waals surface area contributed by atoms with Crippen molar-refractivity contribution in [3.63, 3.8) is 0 Å². The highest BCUT2D eigenvalue weighted by molar-refractivity contribution is 5.92. The first kappa shape index (κ1) is 15.0. The standard InChI is InChI=1S/C16H25N3O/c1-12(2)17-10-14-7-5-9-19(11-14)16(20)15-8-4-6-13(3)18-15/h4,6,8,12,14,17H,5,7,9-11H2,1-3H3. The number of aromatic nitrogens is 1. The van der Waals surface area contributed by atoms with Crippen molar-refractivity contribution in [2.75, 3.05) is 19.6 Å². The number of carbonyl (C=O) groups excluding carboxylic acids is 1. The molecule has 1 aromatic heterocycles. The summed E-state index contributed by atoms with van der Waals surface area (Å²) in [4.78, 5) is 18.8. The SMILES string of the molecule is Cc1cccc(C(=O)N2CCCC(CNC(C)C)C2)n1. The third-order valence-electron chi connectivity index (χ3n) is 3.73. The molecule has 1 amide bonds. The monoisotopic (exact) mass is 275 g/mol. The van der Waals surface area contributed by atoms with E-state index in [1.165, 1.54) is 6.42 Å². The smallest absolute Gasteiger partial charge is 0.272 e. The number of nitrogens with zero attached hydrogens (tertiary/aromatic N) is 2. The van der Waals surface area contributed by atoms with Gasteiger partial charge in [0, 0.05) is 24.8 Å². The lowest BCUT2D eigenvalue weighted by Gasteiger charge is -2.33. The fourth-order valence-electron chi connectivity index (χ4n) is 2.64. The summed E-state index contributed by atoms with van der Waals surface area (Å²) in [6, 6.07) is 6.13. The van der Waals surface area contributed by atoms with Crippen molar-refractivity contribution in [2.24, 2.45) is 5.92 Å². The Morgan fingerprint density at radius 3 is 3.00 bits per heavy atom. The molecule has 1 unspecified atom stereocenters. The number of likely N-dealkylation sites (tertiary alicyclic amines) is 1. The molecule has 1 N–H and O–H groups in total. The maximum atomic E-state index is 12.5. The Bertz CT molecular complexity index is 459. The van der Waals surface area contributed by atoms with Crippen molar-refractivity contribution >= 4 is 5.91 Å². The van der Waals surface area contributed by atoms with E-state index in [1.807, 2.05) is 30.0 Å². The van der Waals surface area contributed by atoms with E-state index in [0.29, 0.717) is 17.7 Å². The number of carbonyl (C=O) groups is 1. The van der Waals surface area contributed by atoms with E-state index >= 15 is 0 Å². The predicted molar refractivity (Wildman–Crippen MR) is 80.7 cm³/mol. The highest BCUT2D eigenvalue weighted by Gasteiger charge is 2.25. The van der Waals surface area contributed by atoms with Crippen molar-refractivity contribution in [3.05, 3.63) is 29.6 Å². The van der Waals surface area contributed by atoms with Gasteiger partial charge in [-0.3, -0.25) is 4.79 Å². The van der Waals surface area contributed by atoms with Crippen molar-refractivity contribution in [2.45, 2.75) is 39.7 Å². The number of rotatable bonds is 4. The molecule has 4 nitrogen and oxygen atoms in total. The molecule has 0 aromatic carbocycles. The Morgan fingerprint density at radius 2 is 2.30 bits per heavy atom. The Morgan fingerprint density at radius 1 is 1.50 bits per heavy atom. The molecule has 0 bridgehead atoms. The van der Waals surface area contributed by atoms with Crippen LogP contribution in [-0.2, 0) is 0 Å². The summed E-state index contributed by atoms with van der Waals surface area (Å²) in [5.74, 6) is 0.628. The number of hydrogen-bond donors (Lipinski definition) is 1. The zero-order chi connectivity index (χ0) is 14.5.